The molecule has 6 rings (SSSR count). The number of nitrogens with zero attached hydrogens (tertiary/aromatic N) is 2. The van der Waals surface area contributed by atoms with E-state index in [1.54, 1.807) is 0 Å². The monoisotopic (exact) mass is 602 g/mol. The van der Waals surface area contributed by atoms with E-state index in [2.05, 4.69) is 5.32 Å². The number of aromatic hydroxyl groups is 1. The highest BCUT2D eigenvalue weighted by Crippen LogP contribution is 2.56. The highest BCUT2D eigenvalue weighted by Gasteiger charge is 2.63. The number of rotatable bonds is 5. The number of Topliss-reactive ketones (excluding diaryl/α,β-unsaturated/α-hetero) is 2. The van der Waals surface area contributed by atoms with Crippen LogP contribution in [0.25, 0.3) is 0 Å². The maximum atomic E-state index is 16.6. The van der Waals surface area contributed by atoms with E-state index in [9.17, 15) is 45.0 Å². The number of β-amino-alcohol motifs (C(OH)–C–C–N with tert-alkyl or cyclic N) is 1. The van der Waals surface area contributed by atoms with Gasteiger partial charge in [0.15, 0.2) is 17.1 Å². The Kier molecular flexibility index (Phi) is 6.86. The average Bonchev–Trinajstić information content (AvgIpc) is 3.35. The standard InChI is InChI=1S/C29H35FN4O9/c1-33(2)22-14-6-11-5-13-16(23(37)15(11)26(40)29(14,43)27(41)18(25(22)39)28(31)42)24(38)20-17(19(13)30)21-10(7-32-20)3-4-34(21)8-12(36)9-35/h10-12,14,21-22,32,35-36,38-40,43H,3-9H2,1-2H3,(H2,31,42)/t10?,11-,12?,14-,21?,22-,29-/m0/s1. The van der Waals surface area contributed by atoms with Gasteiger partial charge in [-0.1, -0.05) is 0 Å². The van der Waals surface area contributed by atoms with Crippen molar-refractivity contribution in [3.05, 3.63) is 45.2 Å². The van der Waals surface area contributed by atoms with Crippen molar-refractivity contribution < 1.29 is 49.4 Å². The second kappa shape index (κ2) is 9.99. The fourth-order valence-electron chi connectivity index (χ4n) is 8.15. The molecule has 1 saturated heterocycles. The number of anilines is 1. The largest absolute Gasteiger partial charge is 0.510 e. The molecule has 1 aromatic rings. The maximum absolute atomic E-state index is 16.6. The molecule has 0 spiro atoms. The third kappa shape index (κ3) is 3.90. The van der Waals surface area contributed by atoms with Crippen LogP contribution >= 0.6 is 0 Å². The molecule has 3 unspecified atom stereocenters. The van der Waals surface area contributed by atoms with Gasteiger partial charge in [-0.15, -0.1) is 0 Å². The molecule has 7 atom stereocenters. The second-order valence-electron chi connectivity index (χ2n) is 12.5. The van der Waals surface area contributed by atoms with E-state index in [-0.39, 0.29) is 47.7 Å². The first-order valence-corrected chi connectivity index (χ1v) is 14.2. The number of benzene rings is 1. The number of likely N-dealkylation sites (tertiary alicyclic amines) is 1. The van der Waals surface area contributed by atoms with Crippen LogP contribution in [0, 0.1) is 23.6 Å². The van der Waals surface area contributed by atoms with Crippen LogP contribution in [0.1, 0.15) is 40.4 Å². The predicted octanol–water partition coefficient (Wildman–Crippen LogP) is -0.599. The smallest absolute Gasteiger partial charge is 0.255 e. The Hall–Kier alpha value is -3.56. The van der Waals surface area contributed by atoms with Gasteiger partial charge in [0.1, 0.15) is 22.9 Å². The number of nitrogens with one attached hydrogen (secondary N) is 1. The lowest BCUT2D eigenvalue weighted by Gasteiger charge is -2.50. The average molecular weight is 603 g/mol. The third-order valence-electron chi connectivity index (χ3n) is 9.98. The van der Waals surface area contributed by atoms with Gasteiger partial charge in [-0.25, -0.2) is 4.39 Å². The summed E-state index contributed by atoms with van der Waals surface area (Å²) in [6, 6.07) is -1.68. The molecule has 13 nitrogen and oxygen atoms in total. The summed E-state index contributed by atoms with van der Waals surface area (Å²) < 4.78 is 16.6. The SMILES string of the molecule is CN(C)[C@@H]1C(O)=C(C(N)=O)C(=O)[C@@]2(O)C(O)=C3C(=O)c4c(O)c5c(c(F)c4C[C@H]3C[C@@H]12)C1C(CCN1CC(O)CO)CN5. The fraction of sp³-hybridized carbons (Fsp3) is 0.552. The molecule has 1 amide bonds. The molecule has 1 fully saturated rings. The molecule has 0 radical (unpaired) electrons. The second-order valence-corrected chi connectivity index (χ2v) is 12.5. The van der Waals surface area contributed by atoms with Gasteiger partial charge in [-0.3, -0.25) is 24.2 Å². The number of phenolic OH excluding ortho intramolecular Hbond substituents is 1. The van der Waals surface area contributed by atoms with Crippen LogP contribution in [0.2, 0.25) is 0 Å². The van der Waals surface area contributed by atoms with E-state index in [4.69, 9.17) is 5.73 Å². The van der Waals surface area contributed by atoms with Crippen molar-refractivity contribution in [1.82, 2.24) is 9.80 Å². The zero-order valence-corrected chi connectivity index (χ0v) is 23.7. The summed E-state index contributed by atoms with van der Waals surface area (Å²) in [5, 5.41) is 68.0. The Labute approximate surface area is 245 Å². The number of hydrogen-bond acceptors (Lipinski definition) is 12. The maximum Gasteiger partial charge on any atom is 0.255 e. The molecule has 43 heavy (non-hydrogen) atoms. The molecule has 1 aromatic carbocycles. The van der Waals surface area contributed by atoms with E-state index in [0.717, 1.165) is 0 Å². The molecule has 2 heterocycles. The first-order valence-electron chi connectivity index (χ1n) is 14.2. The molecule has 5 aliphatic rings. The predicted molar refractivity (Wildman–Crippen MR) is 148 cm³/mol. The van der Waals surface area contributed by atoms with Crippen LogP contribution in [-0.4, -0.2) is 116 Å². The van der Waals surface area contributed by atoms with Crippen molar-refractivity contribution in [2.24, 2.45) is 23.5 Å². The number of ketones is 2. The van der Waals surface area contributed by atoms with Crippen molar-refractivity contribution in [2.45, 2.75) is 43.1 Å². The number of likely N-dealkylation sites (N-methyl/N-ethyl adjacent to an activating group) is 1. The number of fused-ring (bicyclic) bond motifs is 6. The molecule has 9 N–H and O–H groups in total. The van der Waals surface area contributed by atoms with Gasteiger partial charge < -0.3 is 41.7 Å². The van der Waals surface area contributed by atoms with Crippen molar-refractivity contribution in [2.75, 3.05) is 45.7 Å². The zero-order valence-electron chi connectivity index (χ0n) is 23.7. The number of amides is 1. The number of nitrogens with two attached hydrogens (primary N) is 1. The zero-order chi connectivity index (χ0) is 31.3. The van der Waals surface area contributed by atoms with Gasteiger partial charge >= 0.3 is 0 Å². The topological polar surface area (TPSA) is 217 Å². The minimum atomic E-state index is -2.78. The molecule has 2 aliphatic heterocycles. The van der Waals surface area contributed by atoms with Gasteiger partial charge in [0, 0.05) is 41.7 Å². The summed E-state index contributed by atoms with van der Waals surface area (Å²) in [4.78, 5) is 42.9. The number of aliphatic hydroxyl groups is 5. The molecule has 14 heteroatoms. The molecule has 0 bridgehead atoms. The number of phenols is 1. The number of carbonyl (C=O) groups is 3. The van der Waals surface area contributed by atoms with Gasteiger partial charge in [0.25, 0.3) is 5.91 Å². The van der Waals surface area contributed by atoms with Crippen molar-refractivity contribution in [1.29, 1.82) is 0 Å². The highest BCUT2D eigenvalue weighted by atomic mass is 19.1. The number of halogens is 1. The Morgan fingerprint density at radius 2 is 1.95 bits per heavy atom. The number of primary amides is 1. The summed E-state index contributed by atoms with van der Waals surface area (Å²) in [5.41, 5.74) is 0.993. The first-order chi connectivity index (χ1) is 20.2. The Morgan fingerprint density at radius 1 is 1.26 bits per heavy atom. The highest BCUT2D eigenvalue weighted by molar-refractivity contribution is 6.25. The first kappa shape index (κ1) is 29.5. The quantitative estimate of drug-likeness (QED) is 0.157. The van der Waals surface area contributed by atoms with Gasteiger partial charge in [-0.2, -0.15) is 0 Å². The minimum absolute atomic E-state index is 0.00691. The third-order valence-corrected chi connectivity index (χ3v) is 9.98. The van der Waals surface area contributed by atoms with E-state index in [1.165, 1.54) is 19.0 Å². The van der Waals surface area contributed by atoms with E-state index < -0.39 is 93.9 Å². The lowest BCUT2D eigenvalue weighted by molar-refractivity contribution is -0.148. The Morgan fingerprint density at radius 3 is 2.58 bits per heavy atom. The molecular weight excluding hydrogens is 567 g/mol. The van der Waals surface area contributed by atoms with Crippen molar-refractivity contribution >= 4 is 23.2 Å². The lowest BCUT2D eigenvalue weighted by atomic mass is 9.58. The number of allylic oxidation sites excluding steroid dienone is 1. The van der Waals surface area contributed by atoms with Crippen molar-refractivity contribution in [3.8, 4) is 5.75 Å². The summed E-state index contributed by atoms with van der Waals surface area (Å²) in [5.74, 6) is -8.75. The molecule has 3 aliphatic carbocycles. The molecule has 232 valence electrons. The summed E-state index contributed by atoms with van der Waals surface area (Å²) in [7, 11) is 3.06. The fourth-order valence-corrected chi connectivity index (χ4v) is 8.15. The summed E-state index contributed by atoms with van der Waals surface area (Å²) >= 11 is 0. The van der Waals surface area contributed by atoms with E-state index >= 15 is 4.39 Å². The van der Waals surface area contributed by atoms with Gasteiger partial charge in [-0.05, 0) is 51.7 Å². The Balaban J connectivity index is 1.50. The van der Waals surface area contributed by atoms with Gasteiger partial charge in [0.05, 0.1) is 30.0 Å². The normalized spacial score (nSPS) is 32.6. The summed E-state index contributed by atoms with van der Waals surface area (Å²) in [6.45, 7) is 0.494. The van der Waals surface area contributed by atoms with Gasteiger partial charge in [0.2, 0.25) is 5.78 Å². The Bertz CT molecular complexity index is 1520. The number of carbonyl (C=O) groups excluding carboxylic acids is 3. The molecule has 0 aromatic heterocycles. The van der Waals surface area contributed by atoms with Crippen LogP contribution in [0.4, 0.5) is 10.1 Å². The molecule has 0 saturated carbocycles. The lowest BCUT2D eigenvalue weighted by Crippen LogP contribution is -2.63. The van der Waals surface area contributed by atoms with Crippen LogP contribution in [0.3, 0.4) is 0 Å². The molecular formula is C29H35FN4O9. The number of aliphatic hydroxyl groups excluding tert-OH is 4. The van der Waals surface area contributed by atoms with E-state index in [1.807, 2.05) is 4.90 Å². The minimum Gasteiger partial charge on any atom is -0.510 e. The van der Waals surface area contributed by atoms with Crippen molar-refractivity contribution in [3.63, 3.8) is 0 Å². The van der Waals surface area contributed by atoms with Crippen LogP contribution in [0.5, 0.6) is 5.75 Å². The summed E-state index contributed by atoms with van der Waals surface area (Å²) in [6.07, 6.45) is -0.688. The number of hydrogen-bond donors (Lipinski definition) is 8. The van der Waals surface area contributed by atoms with Crippen LogP contribution in [0.15, 0.2) is 22.7 Å². The van der Waals surface area contributed by atoms with E-state index in [0.29, 0.717) is 19.5 Å². The van der Waals surface area contributed by atoms with Crippen LogP contribution in [-0.2, 0) is 16.0 Å². The van der Waals surface area contributed by atoms with Crippen LogP contribution < -0.4 is 11.1 Å².